The lowest BCUT2D eigenvalue weighted by Crippen LogP contribution is -3.00. The third-order valence-electron chi connectivity index (χ3n) is 5.35. The van der Waals surface area contributed by atoms with Gasteiger partial charge in [-0.05, 0) is 57.3 Å². The van der Waals surface area contributed by atoms with Crippen LogP contribution in [0.15, 0.2) is 12.2 Å². The first kappa shape index (κ1) is 29.1. The van der Waals surface area contributed by atoms with Crippen molar-refractivity contribution in [2.45, 2.75) is 109 Å². The van der Waals surface area contributed by atoms with E-state index in [1.54, 1.807) is 0 Å². The lowest BCUT2D eigenvalue weighted by Gasteiger charge is -2.13. The Bertz CT molecular complexity index is 282. The fraction of sp³-hybridized carbons (Fsp3) is 0.913. The first-order valence-electron chi connectivity index (χ1n) is 11.5. The van der Waals surface area contributed by atoms with Crippen LogP contribution in [0.3, 0.4) is 0 Å². The van der Waals surface area contributed by atoms with Crippen LogP contribution < -0.4 is 18.1 Å². The minimum absolute atomic E-state index is 0. The third-order valence-corrected chi connectivity index (χ3v) is 5.35. The van der Waals surface area contributed by atoms with Crippen molar-refractivity contribution >= 4 is 0 Å². The second-order valence-electron chi connectivity index (χ2n) is 7.82. The summed E-state index contributed by atoms with van der Waals surface area (Å²) in [7, 11) is 0. The Morgan fingerprint density at radius 2 is 0.963 bits per heavy atom. The molecule has 0 saturated carbocycles. The maximum atomic E-state index is 9.02. The molecule has 0 unspecified atom stereocenters. The van der Waals surface area contributed by atoms with Gasteiger partial charge in [-0.3, -0.25) is 0 Å². The van der Waals surface area contributed by atoms with E-state index in [4.69, 9.17) is 10.2 Å². The van der Waals surface area contributed by atoms with Gasteiger partial charge in [0.15, 0.2) is 0 Å². The Morgan fingerprint density at radius 3 is 1.41 bits per heavy atom. The van der Waals surface area contributed by atoms with Gasteiger partial charge in [-0.25, -0.2) is 0 Å². The van der Waals surface area contributed by atoms with E-state index in [0.29, 0.717) is 5.92 Å². The minimum Gasteiger partial charge on any atom is -1.00 e. The lowest BCUT2D eigenvalue weighted by molar-refractivity contribution is -0.368. The van der Waals surface area contributed by atoms with E-state index >= 15 is 0 Å². The van der Waals surface area contributed by atoms with E-state index in [2.05, 4.69) is 17.9 Å². The molecule has 5 N–H and O–H groups in total. The van der Waals surface area contributed by atoms with E-state index in [1.807, 2.05) is 0 Å². The number of hydrogen-bond donors (Lipinski definition) is 3. The van der Waals surface area contributed by atoms with Crippen LogP contribution in [0.5, 0.6) is 0 Å². The molecule has 0 spiro atoms. The highest BCUT2D eigenvalue weighted by Crippen LogP contribution is 2.18. The standard InChI is InChI=1S/C23H47NO2.ClH/c24-20-16-14-12-10-8-6-4-2-1-3-5-7-9-11-13-15-17-23(18-21-25)19-22-26;/h1,3,23,25-26H,2,4-22,24H2;1H/b3-1-;. The molecule has 0 aromatic rings. The Balaban J connectivity index is 0. The molecule has 164 valence electrons. The maximum Gasteiger partial charge on any atom is 0.0739 e. The number of quaternary nitrogens is 1. The van der Waals surface area contributed by atoms with Crippen LogP contribution in [-0.2, 0) is 0 Å². The van der Waals surface area contributed by atoms with Gasteiger partial charge >= 0.3 is 0 Å². The highest BCUT2D eigenvalue weighted by molar-refractivity contribution is 4.81. The van der Waals surface area contributed by atoms with Gasteiger partial charge in [-0.1, -0.05) is 69.9 Å². The highest BCUT2D eigenvalue weighted by atomic mass is 35.5. The molecule has 0 radical (unpaired) electrons. The molecule has 4 heteroatoms. The van der Waals surface area contributed by atoms with Crippen molar-refractivity contribution in [3.8, 4) is 0 Å². The van der Waals surface area contributed by atoms with Crippen LogP contribution in [0.4, 0.5) is 0 Å². The molecule has 0 heterocycles. The van der Waals surface area contributed by atoms with Gasteiger partial charge in [0.2, 0.25) is 0 Å². The summed E-state index contributed by atoms with van der Waals surface area (Å²) in [6, 6.07) is 0. The van der Waals surface area contributed by atoms with Gasteiger partial charge in [-0.15, -0.1) is 0 Å². The Morgan fingerprint density at radius 1 is 0.556 bits per heavy atom. The predicted octanol–water partition coefficient (Wildman–Crippen LogP) is 2.02. The number of aliphatic hydroxyl groups excluding tert-OH is 2. The topological polar surface area (TPSA) is 68.1 Å². The monoisotopic (exact) mass is 405 g/mol. The molecule has 0 atom stereocenters. The smallest absolute Gasteiger partial charge is 0.0739 e. The number of allylic oxidation sites excluding steroid dienone is 2. The molecule has 0 amide bonds. The Kier molecular flexibility index (Phi) is 27.9. The second-order valence-corrected chi connectivity index (χ2v) is 7.82. The average molecular weight is 406 g/mol. The first-order chi connectivity index (χ1) is 12.8. The summed E-state index contributed by atoms with van der Waals surface area (Å²) in [4.78, 5) is 0. The number of hydrogen-bond acceptors (Lipinski definition) is 2. The minimum atomic E-state index is 0. The fourth-order valence-electron chi connectivity index (χ4n) is 3.58. The number of halogens is 1. The molecule has 0 saturated heterocycles. The van der Waals surface area contributed by atoms with Crippen LogP contribution in [0.2, 0.25) is 0 Å². The molecule has 0 rings (SSSR count). The Hall–Kier alpha value is -0.0900. The van der Waals surface area contributed by atoms with Gasteiger partial charge in [-0.2, -0.15) is 0 Å². The van der Waals surface area contributed by atoms with Crippen molar-refractivity contribution < 1.29 is 28.4 Å². The number of unbranched alkanes of at least 4 members (excludes halogenated alkanes) is 12. The largest absolute Gasteiger partial charge is 1.00 e. The van der Waals surface area contributed by atoms with E-state index in [1.165, 1.54) is 89.9 Å². The van der Waals surface area contributed by atoms with Gasteiger partial charge in [0.05, 0.1) is 6.54 Å². The normalized spacial score (nSPS) is 11.4. The van der Waals surface area contributed by atoms with Crippen molar-refractivity contribution in [2.24, 2.45) is 5.92 Å². The number of rotatable bonds is 21. The van der Waals surface area contributed by atoms with Crippen molar-refractivity contribution in [3.63, 3.8) is 0 Å². The summed E-state index contributed by atoms with van der Waals surface area (Å²) in [5.41, 5.74) is 3.89. The fourth-order valence-corrected chi connectivity index (χ4v) is 3.58. The summed E-state index contributed by atoms with van der Waals surface area (Å²) in [6.07, 6.45) is 26.3. The summed E-state index contributed by atoms with van der Waals surface area (Å²) >= 11 is 0. The summed E-state index contributed by atoms with van der Waals surface area (Å²) in [6.45, 7) is 1.61. The summed E-state index contributed by atoms with van der Waals surface area (Å²) in [5, 5.41) is 18.0. The zero-order chi connectivity index (χ0) is 19.1. The Labute approximate surface area is 175 Å². The van der Waals surface area contributed by atoms with Gasteiger partial charge in [0.1, 0.15) is 0 Å². The van der Waals surface area contributed by atoms with E-state index in [9.17, 15) is 0 Å². The maximum absolute atomic E-state index is 9.02. The molecule has 0 aromatic heterocycles. The van der Waals surface area contributed by atoms with Gasteiger partial charge < -0.3 is 28.4 Å². The quantitative estimate of drug-likeness (QED) is 0.202. The van der Waals surface area contributed by atoms with E-state index in [-0.39, 0.29) is 25.6 Å². The van der Waals surface area contributed by atoms with Gasteiger partial charge in [0, 0.05) is 13.2 Å². The van der Waals surface area contributed by atoms with Gasteiger partial charge in [0.25, 0.3) is 0 Å². The van der Waals surface area contributed by atoms with Crippen LogP contribution in [-0.4, -0.2) is 30.0 Å². The average Bonchev–Trinajstić information content (AvgIpc) is 2.64. The zero-order valence-corrected chi connectivity index (χ0v) is 18.6. The summed E-state index contributed by atoms with van der Waals surface area (Å²) in [5.74, 6) is 0.515. The molecule has 0 aliphatic heterocycles. The van der Waals surface area contributed by atoms with E-state index in [0.717, 1.165) is 25.8 Å². The van der Waals surface area contributed by atoms with Crippen molar-refractivity contribution in [1.82, 2.24) is 0 Å². The number of aliphatic hydroxyl groups is 2. The van der Waals surface area contributed by atoms with Crippen molar-refractivity contribution in [2.75, 3.05) is 19.8 Å². The molecule has 0 bridgehead atoms. The molecule has 0 aromatic carbocycles. The first-order valence-corrected chi connectivity index (χ1v) is 11.5. The highest BCUT2D eigenvalue weighted by Gasteiger charge is 2.06. The van der Waals surface area contributed by atoms with E-state index < -0.39 is 0 Å². The second kappa shape index (κ2) is 25.9. The summed E-state index contributed by atoms with van der Waals surface area (Å²) < 4.78 is 0. The van der Waals surface area contributed by atoms with Crippen LogP contribution in [0, 0.1) is 5.92 Å². The van der Waals surface area contributed by atoms with Crippen molar-refractivity contribution in [1.29, 1.82) is 0 Å². The van der Waals surface area contributed by atoms with Crippen molar-refractivity contribution in [3.05, 3.63) is 12.2 Å². The molecular weight excluding hydrogens is 358 g/mol. The molecule has 27 heavy (non-hydrogen) atoms. The lowest BCUT2D eigenvalue weighted by atomic mass is 9.95. The molecule has 0 aliphatic carbocycles. The molecule has 0 fully saturated rings. The SMILES string of the molecule is [Cl-].[NH3+]CCCCCCCCC/C=C\CCCCCCCC(CCO)CCO. The molecule has 0 aliphatic rings. The van der Waals surface area contributed by atoms with Crippen LogP contribution in [0.1, 0.15) is 109 Å². The zero-order valence-electron chi connectivity index (χ0n) is 17.9. The molecule has 3 nitrogen and oxygen atoms in total. The van der Waals surface area contributed by atoms with Crippen LogP contribution in [0.25, 0.3) is 0 Å². The van der Waals surface area contributed by atoms with Crippen LogP contribution >= 0.6 is 0 Å². The predicted molar refractivity (Wildman–Crippen MR) is 113 cm³/mol. The third kappa shape index (κ3) is 23.9. The molecular formula is C23H48ClNO2.